The van der Waals surface area contributed by atoms with Crippen LogP contribution in [0.15, 0.2) is 57.9 Å². The minimum atomic E-state index is -3.89. The van der Waals surface area contributed by atoms with E-state index in [0.717, 1.165) is 30.4 Å². The summed E-state index contributed by atoms with van der Waals surface area (Å²) in [5.74, 6) is -0.282. The van der Waals surface area contributed by atoms with E-state index in [2.05, 4.69) is 22.6 Å². The van der Waals surface area contributed by atoms with Gasteiger partial charge in [0.1, 0.15) is 5.69 Å². The van der Waals surface area contributed by atoms with Crippen LogP contribution in [0.3, 0.4) is 0 Å². The number of hydrogen-bond donors (Lipinski definition) is 1. The Hall–Kier alpha value is -3.23. The van der Waals surface area contributed by atoms with Crippen LogP contribution in [0, 0.1) is 19.8 Å². The Bertz CT molecular complexity index is 1410. The fourth-order valence-electron chi connectivity index (χ4n) is 5.35. The summed E-state index contributed by atoms with van der Waals surface area (Å²) in [4.78, 5) is 13.3. The number of fused-ring (bicyclic) bond motifs is 1. The lowest BCUT2D eigenvalue weighted by Gasteiger charge is -2.33. The lowest BCUT2D eigenvalue weighted by molar-refractivity contribution is -0.127. The van der Waals surface area contributed by atoms with Gasteiger partial charge in [-0.25, -0.2) is 8.42 Å². The van der Waals surface area contributed by atoms with E-state index in [1.807, 2.05) is 49.4 Å². The molecular weight excluding hydrogens is 486 g/mol. The van der Waals surface area contributed by atoms with Gasteiger partial charge in [-0.15, -0.1) is 0 Å². The Balaban J connectivity index is 1.32. The molecule has 1 saturated heterocycles. The number of hydrogen-bond acceptors (Lipinski definition) is 5. The van der Waals surface area contributed by atoms with Crippen molar-refractivity contribution >= 4 is 28.1 Å². The van der Waals surface area contributed by atoms with Gasteiger partial charge in [0.15, 0.2) is 10.7 Å². The molecule has 2 aromatic carbocycles. The van der Waals surface area contributed by atoms with Gasteiger partial charge in [-0.2, -0.15) is 4.31 Å². The smallest absolute Gasteiger partial charge is 0.248 e. The minimum Gasteiger partial charge on any atom is -0.355 e. The molecule has 5 rings (SSSR count). The predicted molar refractivity (Wildman–Crippen MR) is 143 cm³/mol. The number of nitrogens with zero attached hydrogens (tertiary/aromatic N) is 2. The van der Waals surface area contributed by atoms with Crippen molar-refractivity contribution in [1.82, 2.24) is 14.8 Å². The number of sulfonamides is 1. The van der Waals surface area contributed by atoms with E-state index >= 15 is 0 Å². The van der Waals surface area contributed by atoms with E-state index < -0.39 is 15.9 Å². The third-order valence-corrected chi connectivity index (χ3v) is 9.40. The molecule has 2 heterocycles. The first-order valence-electron chi connectivity index (χ1n) is 12.9. The predicted octanol–water partition coefficient (Wildman–Crippen LogP) is 5.06. The van der Waals surface area contributed by atoms with Crippen LogP contribution in [0.1, 0.15) is 65.4 Å². The maximum Gasteiger partial charge on any atom is 0.248 e. The van der Waals surface area contributed by atoms with Crippen molar-refractivity contribution < 1.29 is 17.7 Å². The van der Waals surface area contributed by atoms with Gasteiger partial charge in [-0.1, -0.05) is 65.3 Å². The first-order valence-corrected chi connectivity index (χ1v) is 14.4. The van der Waals surface area contributed by atoms with E-state index in [-0.39, 0.29) is 29.1 Å². The Kier molecular flexibility index (Phi) is 7.31. The summed E-state index contributed by atoms with van der Waals surface area (Å²) >= 11 is 0. The Morgan fingerprint density at radius 3 is 2.65 bits per heavy atom. The maximum absolute atomic E-state index is 13.7. The van der Waals surface area contributed by atoms with Gasteiger partial charge < -0.3 is 9.84 Å². The molecule has 0 spiro atoms. The molecule has 1 amide bonds. The number of benzene rings is 2. The number of aryl methyl sites for hydroxylation is 3. The molecule has 2 atom stereocenters. The van der Waals surface area contributed by atoms with Crippen LogP contribution < -0.4 is 5.32 Å². The number of aromatic nitrogens is 1. The van der Waals surface area contributed by atoms with E-state index in [4.69, 9.17) is 4.52 Å². The van der Waals surface area contributed by atoms with Gasteiger partial charge >= 0.3 is 0 Å². The summed E-state index contributed by atoms with van der Waals surface area (Å²) in [6.07, 6.45) is 7.69. The largest absolute Gasteiger partial charge is 0.355 e. The van der Waals surface area contributed by atoms with Crippen molar-refractivity contribution in [3.63, 3.8) is 0 Å². The fraction of sp³-hybridized carbons (Fsp3) is 0.379. The van der Waals surface area contributed by atoms with Crippen LogP contribution in [0.5, 0.6) is 0 Å². The van der Waals surface area contributed by atoms with Crippen LogP contribution >= 0.6 is 0 Å². The van der Waals surface area contributed by atoms with Crippen molar-refractivity contribution in [3.05, 3.63) is 82.2 Å². The molecule has 0 radical (unpaired) electrons. The number of carbonyl (C=O) groups is 1. The molecule has 0 unspecified atom stereocenters. The van der Waals surface area contributed by atoms with Gasteiger partial charge in [0.25, 0.3) is 0 Å². The lowest BCUT2D eigenvalue weighted by Crippen LogP contribution is -2.46. The second-order valence-electron chi connectivity index (χ2n) is 10.1. The molecule has 0 bridgehead atoms. The SMILES string of the molecule is Cc1ccc(/C=C/c2onc(C)c2S(=O)(=O)N2CCC[C@@H](C(=O)N[C@@H]3CCCc4ccccc43)C2)cc1. The molecule has 7 nitrogen and oxygen atoms in total. The summed E-state index contributed by atoms with van der Waals surface area (Å²) in [5.41, 5.74) is 4.84. The average molecular weight is 520 g/mol. The lowest BCUT2D eigenvalue weighted by atomic mass is 9.87. The van der Waals surface area contributed by atoms with Gasteiger partial charge in [0.05, 0.1) is 12.0 Å². The Morgan fingerprint density at radius 2 is 1.84 bits per heavy atom. The van der Waals surface area contributed by atoms with Crippen LogP contribution in [-0.2, 0) is 21.2 Å². The van der Waals surface area contributed by atoms with E-state index in [0.29, 0.717) is 25.1 Å². The molecule has 3 aromatic rings. The molecule has 194 valence electrons. The zero-order valence-corrected chi connectivity index (χ0v) is 22.1. The van der Waals surface area contributed by atoms with Crippen molar-refractivity contribution in [1.29, 1.82) is 0 Å². The zero-order valence-electron chi connectivity index (χ0n) is 21.3. The number of carbonyl (C=O) groups excluding carboxylic acids is 1. The third-order valence-electron chi connectivity index (χ3n) is 7.38. The highest BCUT2D eigenvalue weighted by Gasteiger charge is 2.37. The second kappa shape index (κ2) is 10.6. The first-order chi connectivity index (χ1) is 17.8. The normalized spacial score (nSPS) is 20.6. The average Bonchev–Trinajstić information content (AvgIpc) is 3.29. The van der Waals surface area contributed by atoms with E-state index in [1.54, 1.807) is 13.0 Å². The van der Waals surface area contributed by atoms with Crippen molar-refractivity contribution in [2.75, 3.05) is 13.1 Å². The van der Waals surface area contributed by atoms with Crippen molar-refractivity contribution in [3.8, 4) is 0 Å². The fourth-order valence-corrected chi connectivity index (χ4v) is 7.12. The van der Waals surface area contributed by atoms with Crippen LogP contribution in [0.4, 0.5) is 0 Å². The summed E-state index contributed by atoms with van der Waals surface area (Å²) in [6, 6.07) is 16.1. The van der Waals surface area contributed by atoms with Crippen LogP contribution in [-0.4, -0.2) is 36.9 Å². The topological polar surface area (TPSA) is 92.5 Å². The van der Waals surface area contributed by atoms with Crippen molar-refractivity contribution in [2.24, 2.45) is 5.92 Å². The third kappa shape index (κ3) is 5.40. The molecule has 1 aliphatic carbocycles. The van der Waals surface area contributed by atoms with Crippen molar-refractivity contribution in [2.45, 2.75) is 56.9 Å². The molecule has 1 fully saturated rings. The maximum atomic E-state index is 13.7. The molecule has 1 aliphatic heterocycles. The second-order valence-corrected chi connectivity index (χ2v) is 11.9. The quantitative estimate of drug-likeness (QED) is 0.492. The van der Waals surface area contributed by atoms with E-state index in [9.17, 15) is 13.2 Å². The standard InChI is InChI=1S/C29H33N3O4S/c1-20-12-14-22(15-13-20)16-17-27-28(21(2)31-36-27)37(34,35)32-18-6-9-24(19-32)29(33)30-26-11-5-8-23-7-3-4-10-25(23)26/h3-4,7,10,12-17,24,26H,5-6,8-9,11,18-19H2,1-2H3,(H,30,33)/b17-16+/t24-,26-/m1/s1. The zero-order chi connectivity index (χ0) is 26.0. The van der Waals surface area contributed by atoms with Gasteiger partial charge in [-0.05, 0) is 68.7 Å². The Morgan fingerprint density at radius 1 is 1.05 bits per heavy atom. The van der Waals surface area contributed by atoms with Gasteiger partial charge in [0, 0.05) is 13.1 Å². The first kappa shape index (κ1) is 25.4. The highest BCUT2D eigenvalue weighted by molar-refractivity contribution is 7.89. The molecular formula is C29H33N3O4S. The molecule has 1 aromatic heterocycles. The minimum absolute atomic E-state index is 0.0248. The van der Waals surface area contributed by atoms with Crippen LogP contribution in [0.25, 0.3) is 12.2 Å². The summed E-state index contributed by atoms with van der Waals surface area (Å²) < 4.78 is 34.3. The molecule has 0 saturated carbocycles. The number of piperidine rings is 1. The molecule has 2 aliphatic rings. The monoisotopic (exact) mass is 519 g/mol. The molecule has 1 N–H and O–H groups in total. The molecule has 8 heteroatoms. The van der Waals surface area contributed by atoms with E-state index in [1.165, 1.54) is 15.4 Å². The van der Waals surface area contributed by atoms with Gasteiger partial charge in [-0.3, -0.25) is 4.79 Å². The molecule has 37 heavy (non-hydrogen) atoms. The van der Waals surface area contributed by atoms with Gasteiger partial charge in [0.2, 0.25) is 15.9 Å². The highest BCUT2D eigenvalue weighted by Crippen LogP contribution is 2.32. The number of amides is 1. The Labute approximate surface area is 218 Å². The number of rotatable bonds is 6. The number of nitrogens with one attached hydrogen (secondary N) is 1. The summed E-state index contributed by atoms with van der Waals surface area (Å²) in [7, 11) is -3.89. The summed E-state index contributed by atoms with van der Waals surface area (Å²) in [6.45, 7) is 4.16. The van der Waals surface area contributed by atoms with Crippen LogP contribution in [0.2, 0.25) is 0 Å². The highest BCUT2D eigenvalue weighted by atomic mass is 32.2. The summed E-state index contributed by atoms with van der Waals surface area (Å²) in [5, 5.41) is 7.16.